The van der Waals surface area contributed by atoms with Gasteiger partial charge in [-0.1, -0.05) is 30.1 Å². The smallest absolute Gasteiger partial charge is 0.275 e. The number of hydrogen-bond acceptors (Lipinski definition) is 3. The second-order valence-corrected chi connectivity index (χ2v) is 5.52. The zero-order valence-corrected chi connectivity index (χ0v) is 13.2. The van der Waals surface area contributed by atoms with Gasteiger partial charge in [0, 0.05) is 12.4 Å². The SMILES string of the molecule is CCc1nc2ccc(Cl)cn2c1C(=O)Nc1ccc(Cl)cn1. The molecule has 0 saturated heterocycles. The van der Waals surface area contributed by atoms with Crippen LogP contribution in [0.2, 0.25) is 10.0 Å². The maximum Gasteiger partial charge on any atom is 0.275 e. The summed E-state index contributed by atoms with van der Waals surface area (Å²) in [5, 5.41) is 3.79. The van der Waals surface area contributed by atoms with E-state index >= 15 is 0 Å². The Bertz CT molecular complexity index is 843. The minimum Gasteiger partial charge on any atom is -0.305 e. The number of amides is 1. The van der Waals surface area contributed by atoms with Crippen molar-refractivity contribution in [3.05, 3.63) is 58.1 Å². The molecule has 3 heterocycles. The predicted molar refractivity (Wildman–Crippen MR) is 86.8 cm³/mol. The standard InChI is InChI=1S/C15H12Cl2N4O/c1-2-11-14(21-8-10(17)4-6-13(21)19-11)15(22)20-12-5-3-9(16)7-18-12/h3-8H,2H2,1H3,(H,18,20,22). The van der Waals surface area contributed by atoms with Crippen molar-refractivity contribution < 1.29 is 4.79 Å². The number of nitrogens with zero attached hydrogens (tertiary/aromatic N) is 3. The van der Waals surface area contributed by atoms with Gasteiger partial charge < -0.3 is 5.32 Å². The summed E-state index contributed by atoms with van der Waals surface area (Å²) in [6.45, 7) is 1.95. The molecule has 0 bridgehead atoms. The lowest BCUT2D eigenvalue weighted by atomic mass is 10.2. The van der Waals surface area contributed by atoms with Crippen LogP contribution < -0.4 is 5.32 Å². The van der Waals surface area contributed by atoms with Gasteiger partial charge in [0.2, 0.25) is 0 Å². The molecule has 0 saturated carbocycles. The Hall–Kier alpha value is -2.11. The lowest BCUT2D eigenvalue weighted by Gasteiger charge is -2.06. The molecule has 1 N–H and O–H groups in total. The molecule has 0 spiro atoms. The molecule has 22 heavy (non-hydrogen) atoms. The third kappa shape index (κ3) is 2.77. The monoisotopic (exact) mass is 334 g/mol. The van der Waals surface area contributed by atoms with Crippen molar-refractivity contribution in [1.29, 1.82) is 0 Å². The number of nitrogens with one attached hydrogen (secondary N) is 1. The molecule has 3 rings (SSSR count). The maximum absolute atomic E-state index is 12.6. The molecule has 0 unspecified atom stereocenters. The fourth-order valence-electron chi connectivity index (χ4n) is 2.18. The van der Waals surface area contributed by atoms with Gasteiger partial charge in [0.05, 0.1) is 15.7 Å². The Morgan fingerprint density at radius 2 is 2.00 bits per heavy atom. The second kappa shape index (κ2) is 5.94. The van der Waals surface area contributed by atoms with Crippen molar-refractivity contribution in [2.45, 2.75) is 13.3 Å². The fraction of sp³-hybridized carbons (Fsp3) is 0.133. The molecule has 0 atom stereocenters. The highest BCUT2D eigenvalue weighted by molar-refractivity contribution is 6.30. The minimum atomic E-state index is -0.290. The van der Waals surface area contributed by atoms with E-state index in [2.05, 4.69) is 15.3 Å². The number of fused-ring (bicyclic) bond motifs is 1. The van der Waals surface area contributed by atoms with Crippen LogP contribution in [-0.4, -0.2) is 20.3 Å². The summed E-state index contributed by atoms with van der Waals surface area (Å²) in [4.78, 5) is 21.1. The molecular weight excluding hydrogens is 323 g/mol. The number of imidazole rings is 1. The third-order valence-corrected chi connectivity index (χ3v) is 3.62. The molecule has 0 radical (unpaired) electrons. The quantitative estimate of drug-likeness (QED) is 0.791. The molecule has 5 nitrogen and oxygen atoms in total. The maximum atomic E-state index is 12.6. The van der Waals surface area contributed by atoms with Gasteiger partial charge in [0.25, 0.3) is 5.91 Å². The van der Waals surface area contributed by atoms with Crippen LogP contribution in [0.25, 0.3) is 5.65 Å². The van der Waals surface area contributed by atoms with Crippen LogP contribution in [0.5, 0.6) is 0 Å². The van der Waals surface area contributed by atoms with E-state index in [1.165, 1.54) is 6.20 Å². The zero-order chi connectivity index (χ0) is 15.7. The summed E-state index contributed by atoms with van der Waals surface area (Å²) < 4.78 is 1.69. The van der Waals surface area contributed by atoms with Gasteiger partial charge in [0.15, 0.2) is 0 Å². The number of carbonyl (C=O) groups excluding carboxylic acids is 1. The van der Waals surface area contributed by atoms with Crippen LogP contribution in [0.1, 0.15) is 23.1 Å². The van der Waals surface area contributed by atoms with Gasteiger partial charge >= 0.3 is 0 Å². The average Bonchev–Trinajstić information content (AvgIpc) is 2.87. The minimum absolute atomic E-state index is 0.290. The van der Waals surface area contributed by atoms with Gasteiger partial charge in [-0.15, -0.1) is 0 Å². The number of anilines is 1. The van der Waals surface area contributed by atoms with Crippen LogP contribution >= 0.6 is 23.2 Å². The summed E-state index contributed by atoms with van der Waals surface area (Å²) >= 11 is 11.8. The number of aryl methyl sites for hydroxylation is 1. The Morgan fingerprint density at radius 1 is 1.23 bits per heavy atom. The third-order valence-electron chi connectivity index (χ3n) is 3.17. The molecule has 1 amide bonds. The Labute approximate surface area is 136 Å². The molecule has 0 aromatic carbocycles. The Balaban J connectivity index is 2.02. The molecule has 0 aliphatic carbocycles. The molecule has 3 aromatic heterocycles. The van der Waals surface area contributed by atoms with Crippen LogP contribution in [-0.2, 0) is 6.42 Å². The van der Waals surface area contributed by atoms with E-state index in [0.29, 0.717) is 39.3 Å². The molecular formula is C15H12Cl2N4O. The number of hydrogen-bond donors (Lipinski definition) is 1. The molecule has 3 aromatic rings. The number of rotatable bonds is 3. The fourth-order valence-corrected chi connectivity index (χ4v) is 2.45. The van der Waals surface area contributed by atoms with Crippen molar-refractivity contribution >= 4 is 40.6 Å². The van der Waals surface area contributed by atoms with E-state index in [-0.39, 0.29) is 5.91 Å². The van der Waals surface area contributed by atoms with E-state index < -0.39 is 0 Å². The van der Waals surface area contributed by atoms with Gasteiger partial charge in [-0.25, -0.2) is 9.97 Å². The van der Waals surface area contributed by atoms with Crippen molar-refractivity contribution in [3.8, 4) is 0 Å². The molecule has 0 fully saturated rings. The van der Waals surface area contributed by atoms with Crippen LogP contribution in [0, 0.1) is 0 Å². The second-order valence-electron chi connectivity index (χ2n) is 4.65. The largest absolute Gasteiger partial charge is 0.305 e. The molecule has 0 aliphatic rings. The topological polar surface area (TPSA) is 59.3 Å². The summed E-state index contributed by atoms with van der Waals surface area (Å²) in [5.74, 6) is 0.134. The van der Waals surface area contributed by atoms with Crippen molar-refractivity contribution in [2.24, 2.45) is 0 Å². The van der Waals surface area contributed by atoms with Crippen molar-refractivity contribution in [3.63, 3.8) is 0 Å². The predicted octanol–water partition coefficient (Wildman–Crippen LogP) is 3.85. The van der Waals surface area contributed by atoms with Crippen LogP contribution in [0.3, 0.4) is 0 Å². The highest BCUT2D eigenvalue weighted by Gasteiger charge is 2.18. The highest BCUT2D eigenvalue weighted by atomic mass is 35.5. The first kappa shape index (κ1) is 14.8. The summed E-state index contributed by atoms with van der Waals surface area (Å²) in [5.41, 5.74) is 1.83. The number of aromatic nitrogens is 3. The molecule has 7 heteroatoms. The van der Waals surface area contributed by atoms with E-state index in [9.17, 15) is 4.79 Å². The number of halogens is 2. The van der Waals surface area contributed by atoms with Crippen LogP contribution in [0.4, 0.5) is 5.82 Å². The van der Waals surface area contributed by atoms with Gasteiger partial charge in [-0.2, -0.15) is 0 Å². The molecule has 0 aliphatic heterocycles. The summed E-state index contributed by atoms with van der Waals surface area (Å²) in [6.07, 6.45) is 3.78. The van der Waals surface area contributed by atoms with E-state index in [1.54, 1.807) is 34.9 Å². The normalized spacial score (nSPS) is 10.9. The average molecular weight is 335 g/mol. The summed E-state index contributed by atoms with van der Waals surface area (Å²) in [7, 11) is 0. The lowest BCUT2D eigenvalue weighted by Crippen LogP contribution is -2.17. The van der Waals surface area contributed by atoms with Crippen molar-refractivity contribution in [2.75, 3.05) is 5.32 Å². The first-order valence-corrected chi connectivity index (χ1v) is 7.43. The lowest BCUT2D eigenvalue weighted by molar-refractivity contribution is 0.102. The molecule has 112 valence electrons. The van der Waals surface area contributed by atoms with Gasteiger partial charge in [-0.05, 0) is 30.7 Å². The first-order valence-electron chi connectivity index (χ1n) is 6.68. The number of carbonyl (C=O) groups is 1. The first-order chi connectivity index (χ1) is 10.6. The van der Waals surface area contributed by atoms with E-state index in [1.807, 2.05) is 6.92 Å². The Morgan fingerprint density at radius 3 is 2.68 bits per heavy atom. The number of pyridine rings is 2. The van der Waals surface area contributed by atoms with E-state index in [0.717, 1.165) is 0 Å². The summed E-state index contributed by atoms with van der Waals surface area (Å²) in [6, 6.07) is 6.82. The van der Waals surface area contributed by atoms with Crippen LogP contribution in [0.15, 0.2) is 36.7 Å². The highest BCUT2D eigenvalue weighted by Crippen LogP contribution is 2.19. The van der Waals surface area contributed by atoms with Crippen molar-refractivity contribution in [1.82, 2.24) is 14.4 Å². The van der Waals surface area contributed by atoms with E-state index in [4.69, 9.17) is 23.2 Å². The van der Waals surface area contributed by atoms with Gasteiger partial charge in [-0.3, -0.25) is 9.20 Å². The van der Waals surface area contributed by atoms with Gasteiger partial charge in [0.1, 0.15) is 17.2 Å². The zero-order valence-electron chi connectivity index (χ0n) is 11.7. The Kier molecular flexibility index (Phi) is 4.00.